The van der Waals surface area contributed by atoms with E-state index in [9.17, 15) is 14.0 Å². The van der Waals surface area contributed by atoms with E-state index in [1.54, 1.807) is 53.1 Å². The molecule has 0 aliphatic carbocycles. The molecule has 1 aromatic heterocycles. The Morgan fingerprint density at radius 2 is 1.80 bits per heavy atom. The Balaban J connectivity index is 1.17. The number of methoxy groups -OCH3 is 1. The van der Waals surface area contributed by atoms with Crippen molar-refractivity contribution in [3.63, 3.8) is 0 Å². The van der Waals surface area contributed by atoms with E-state index >= 15 is 0 Å². The lowest BCUT2D eigenvalue weighted by Gasteiger charge is -2.31. The predicted octanol–water partition coefficient (Wildman–Crippen LogP) is 3.19. The van der Waals surface area contributed by atoms with E-state index in [1.165, 1.54) is 12.1 Å². The second kappa shape index (κ2) is 9.83. The summed E-state index contributed by atoms with van der Waals surface area (Å²) in [6.45, 7) is 1.52. The normalized spacial score (nSPS) is 18.1. The van der Waals surface area contributed by atoms with Crippen molar-refractivity contribution in [2.24, 2.45) is 5.92 Å². The zero-order valence-electron chi connectivity index (χ0n) is 19.3. The van der Waals surface area contributed by atoms with Gasteiger partial charge in [0, 0.05) is 24.7 Å². The van der Waals surface area contributed by atoms with Gasteiger partial charge in [-0.15, -0.1) is 5.10 Å². The molecule has 1 saturated heterocycles. The zero-order chi connectivity index (χ0) is 24.4. The Kier molecular flexibility index (Phi) is 6.45. The average molecular weight is 480 g/mol. The maximum absolute atomic E-state index is 13.2. The molecular weight excluding hydrogens is 453 g/mol. The van der Waals surface area contributed by atoms with Crippen molar-refractivity contribution < 1.29 is 23.5 Å². The fourth-order valence-corrected chi connectivity index (χ4v) is 4.47. The Hall–Kier alpha value is -3.79. The number of benzene rings is 2. The van der Waals surface area contributed by atoms with E-state index in [0.717, 1.165) is 11.3 Å². The van der Waals surface area contributed by atoms with Crippen LogP contribution in [0.15, 0.2) is 48.5 Å². The highest BCUT2D eigenvalue weighted by Crippen LogP contribution is 2.28. The van der Waals surface area contributed by atoms with Crippen LogP contribution in [-0.4, -0.2) is 51.9 Å². The number of piperidine rings is 1. The van der Waals surface area contributed by atoms with Gasteiger partial charge in [-0.1, -0.05) is 17.3 Å². The first-order chi connectivity index (χ1) is 17.0. The van der Waals surface area contributed by atoms with Crippen molar-refractivity contribution in [2.45, 2.75) is 32.1 Å². The fraction of sp³-hybridized carbons (Fsp3) is 0.360. The van der Waals surface area contributed by atoms with Gasteiger partial charge < -0.3 is 19.7 Å². The number of halogens is 1. The number of nitrogens with zero attached hydrogens (tertiary/aromatic N) is 4. The minimum Gasteiger partial charge on any atom is -0.497 e. The van der Waals surface area contributed by atoms with Gasteiger partial charge in [0.1, 0.15) is 17.7 Å². The van der Waals surface area contributed by atoms with Gasteiger partial charge in [0.25, 0.3) is 5.91 Å². The summed E-state index contributed by atoms with van der Waals surface area (Å²) in [5.74, 6) is -0.00866. The number of amides is 2. The number of nitrogens with one attached hydrogen (secondary N) is 1. The molecular formula is C25H26FN5O4. The number of carbonyl (C=O) groups is 2. The number of rotatable bonds is 5. The molecule has 35 heavy (non-hydrogen) atoms. The highest BCUT2D eigenvalue weighted by atomic mass is 19.1. The van der Waals surface area contributed by atoms with Gasteiger partial charge in [0.15, 0.2) is 5.69 Å². The Bertz CT molecular complexity index is 1200. The Morgan fingerprint density at radius 1 is 1.09 bits per heavy atom. The van der Waals surface area contributed by atoms with Gasteiger partial charge in [-0.05, 0) is 54.8 Å². The number of likely N-dealkylation sites (tertiary alicyclic amines) is 1. The van der Waals surface area contributed by atoms with Crippen LogP contribution in [0.3, 0.4) is 0 Å². The van der Waals surface area contributed by atoms with Crippen molar-refractivity contribution in [3.05, 3.63) is 71.3 Å². The molecule has 0 saturated carbocycles. The first-order valence-electron chi connectivity index (χ1n) is 11.6. The molecule has 2 amide bonds. The summed E-state index contributed by atoms with van der Waals surface area (Å²) in [4.78, 5) is 27.5. The van der Waals surface area contributed by atoms with E-state index in [-0.39, 0.29) is 42.0 Å². The maximum Gasteiger partial charge on any atom is 0.276 e. The third-order valence-electron chi connectivity index (χ3n) is 6.55. The number of hydrogen-bond acceptors (Lipinski definition) is 6. The lowest BCUT2D eigenvalue weighted by molar-refractivity contribution is -0.121. The number of fused-ring (bicyclic) bond motifs is 1. The molecule has 0 unspecified atom stereocenters. The fourth-order valence-electron chi connectivity index (χ4n) is 4.47. The second-order valence-corrected chi connectivity index (χ2v) is 8.70. The van der Waals surface area contributed by atoms with Crippen LogP contribution in [0.4, 0.5) is 10.1 Å². The van der Waals surface area contributed by atoms with Crippen molar-refractivity contribution in [3.8, 4) is 5.75 Å². The Morgan fingerprint density at radius 3 is 2.49 bits per heavy atom. The van der Waals surface area contributed by atoms with E-state index in [4.69, 9.17) is 9.47 Å². The predicted molar refractivity (Wildman–Crippen MR) is 124 cm³/mol. The molecule has 2 aliphatic rings. The second-order valence-electron chi connectivity index (χ2n) is 8.70. The van der Waals surface area contributed by atoms with Gasteiger partial charge in [-0.25, -0.2) is 9.07 Å². The third kappa shape index (κ3) is 4.88. The molecule has 1 N–H and O–H groups in total. The van der Waals surface area contributed by atoms with Crippen molar-refractivity contribution in [1.82, 2.24) is 19.9 Å². The van der Waals surface area contributed by atoms with Gasteiger partial charge in [0.2, 0.25) is 5.91 Å². The molecule has 2 aliphatic heterocycles. The first kappa shape index (κ1) is 23.0. The molecule has 1 atom stereocenters. The zero-order valence-corrected chi connectivity index (χ0v) is 19.3. The maximum atomic E-state index is 13.2. The lowest BCUT2D eigenvalue weighted by atomic mass is 9.95. The molecule has 0 bridgehead atoms. The number of carbonyl (C=O) groups excluding carboxylic acids is 2. The number of hydrogen-bond donors (Lipinski definition) is 1. The topological polar surface area (TPSA) is 98.6 Å². The van der Waals surface area contributed by atoms with Crippen molar-refractivity contribution >= 4 is 17.5 Å². The molecule has 1 fully saturated rings. The minimum atomic E-state index is -0.305. The highest BCUT2D eigenvalue weighted by molar-refractivity contribution is 5.94. The average Bonchev–Trinajstić information content (AvgIpc) is 3.32. The summed E-state index contributed by atoms with van der Waals surface area (Å²) >= 11 is 0. The lowest BCUT2D eigenvalue weighted by Crippen LogP contribution is -2.42. The molecule has 10 heteroatoms. The highest BCUT2D eigenvalue weighted by Gasteiger charge is 2.33. The van der Waals surface area contributed by atoms with Gasteiger partial charge in [-0.3, -0.25) is 9.59 Å². The van der Waals surface area contributed by atoms with Crippen LogP contribution in [0, 0.1) is 11.7 Å². The summed E-state index contributed by atoms with van der Waals surface area (Å²) in [6, 6.07) is 13.3. The first-order valence-corrected chi connectivity index (χ1v) is 11.6. The molecule has 0 radical (unpaired) electrons. The van der Waals surface area contributed by atoms with Crippen molar-refractivity contribution in [2.75, 3.05) is 25.5 Å². The quantitative estimate of drug-likeness (QED) is 0.604. The van der Waals surface area contributed by atoms with Crippen LogP contribution < -0.4 is 10.1 Å². The molecule has 2 aromatic carbocycles. The summed E-state index contributed by atoms with van der Waals surface area (Å²) in [5.41, 5.74) is 2.47. The van der Waals surface area contributed by atoms with Crippen LogP contribution in [0.1, 0.15) is 40.7 Å². The third-order valence-corrected chi connectivity index (χ3v) is 6.55. The van der Waals surface area contributed by atoms with Crippen LogP contribution >= 0.6 is 0 Å². The van der Waals surface area contributed by atoms with Crippen molar-refractivity contribution in [1.29, 1.82) is 0 Å². The summed E-state index contributed by atoms with van der Waals surface area (Å²) < 4.78 is 26.0. The van der Waals surface area contributed by atoms with Gasteiger partial charge >= 0.3 is 0 Å². The van der Waals surface area contributed by atoms with Crippen LogP contribution in [0.2, 0.25) is 0 Å². The SMILES string of the molecule is COc1ccc(NC(=O)C2CCN(C(=O)c3nnn4c3CO[C@H](c3ccc(F)cc3)C4)CC2)cc1. The molecule has 3 heterocycles. The number of anilines is 1. The van der Waals surface area contributed by atoms with Crippen LogP contribution in [0.25, 0.3) is 0 Å². The minimum absolute atomic E-state index is 0.0523. The number of ether oxygens (including phenoxy) is 2. The molecule has 0 spiro atoms. The molecule has 5 rings (SSSR count). The number of aromatic nitrogens is 3. The van der Waals surface area contributed by atoms with E-state index in [1.807, 2.05) is 0 Å². The monoisotopic (exact) mass is 479 g/mol. The molecule has 9 nitrogen and oxygen atoms in total. The summed E-state index contributed by atoms with van der Waals surface area (Å²) in [5, 5.41) is 11.2. The van der Waals surface area contributed by atoms with Gasteiger partial charge in [-0.2, -0.15) is 0 Å². The van der Waals surface area contributed by atoms with Crippen LogP contribution in [-0.2, 0) is 22.7 Å². The standard InChI is InChI=1S/C25H26FN5O4/c1-34-20-8-6-19(7-9-20)27-24(32)17-10-12-30(13-11-17)25(33)23-21-15-35-22(14-31(21)29-28-23)16-2-4-18(26)5-3-16/h2-9,17,22H,10-15H2,1H3,(H,27,32)/t22-/m0/s1. The van der Waals surface area contributed by atoms with E-state index in [2.05, 4.69) is 15.6 Å². The van der Waals surface area contributed by atoms with Gasteiger partial charge in [0.05, 0.1) is 26.0 Å². The van der Waals surface area contributed by atoms with E-state index < -0.39 is 0 Å². The van der Waals surface area contributed by atoms with Crippen LogP contribution in [0.5, 0.6) is 5.75 Å². The largest absolute Gasteiger partial charge is 0.497 e. The smallest absolute Gasteiger partial charge is 0.276 e. The summed E-state index contributed by atoms with van der Waals surface area (Å²) in [6.07, 6.45) is 0.855. The summed E-state index contributed by atoms with van der Waals surface area (Å²) in [7, 11) is 1.59. The van der Waals surface area contributed by atoms with E-state index in [0.29, 0.717) is 43.9 Å². The Labute approximate surface area is 201 Å². The molecule has 182 valence electrons. The molecule has 3 aromatic rings.